The van der Waals surface area contributed by atoms with Crippen LogP contribution in [-0.2, 0) is 14.8 Å². The van der Waals surface area contributed by atoms with Crippen LogP contribution in [0.1, 0.15) is 57.2 Å². The summed E-state index contributed by atoms with van der Waals surface area (Å²) in [5.74, 6) is 0.927. The van der Waals surface area contributed by atoms with Crippen molar-refractivity contribution in [1.29, 1.82) is 0 Å². The van der Waals surface area contributed by atoms with E-state index in [2.05, 4.69) is 4.85 Å². The van der Waals surface area contributed by atoms with Gasteiger partial charge >= 0.3 is 7.12 Å². The Morgan fingerprint density at radius 2 is 1.57 bits per heavy atom. The van der Waals surface area contributed by atoms with Crippen LogP contribution in [-0.4, -0.2) is 18.3 Å². The van der Waals surface area contributed by atoms with E-state index in [-0.39, 0.29) is 5.82 Å². The van der Waals surface area contributed by atoms with E-state index in [0.717, 1.165) is 35.0 Å². The second-order valence-electron chi connectivity index (χ2n) is 9.46. The smallest absolute Gasteiger partial charge is 0.457 e. The molecule has 6 heteroatoms. The van der Waals surface area contributed by atoms with Crippen molar-refractivity contribution >= 4 is 12.6 Å². The van der Waals surface area contributed by atoms with E-state index < -0.39 is 23.9 Å². The molecule has 1 aliphatic carbocycles. The maximum absolute atomic E-state index is 13.7. The summed E-state index contributed by atoms with van der Waals surface area (Å²) in [5, 5.41) is 0. The first kappa shape index (κ1) is 20.9. The van der Waals surface area contributed by atoms with Crippen molar-refractivity contribution in [2.24, 2.45) is 0 Å². The van der Waals surface area contributed by atoms with Gasteiger partial charge in [-0.2, -0.15) is 0 Å². The molecule has 0 spiro atoms. The summed E-state index contributed by atoms with van der Waals surface area (Å²) in [6.45, 7) is 19.3. The minimum Gasteiger partial charge on any atom is -0.457 e. The fraction of sp³-hybridized carbons (Fsp3) is 0.458. The average molecular weight is 407 g/mol. The SMILES string of the molecule is [C-]#[N+]C1(c2ccc(Oc3c(C)cc(F)cc3C)c(B3OC(C)(C)C(C)(C)O3)c2)CC1. The Morgan fingerprint density at radius 3 is 2.07 bits per heavy atom. The summed E-state index contributed by atoms with van der Waals surface area (Å²) in [4.78, 5) is 3.86. The molecule has 2 aromatic rings. The topological polar surface area (TPSA) is 32.0 Å². The van der Waals surface area contributed by atoms with Gasteiger partial charge in [-0.1, -0.05) is 0 Å². The van der Waals surface area contributed by atoms with Crippen LogP contribution in [0.4, 0.5) is 4.39 Å². The zero-order valence-corrected chi connectivity index (χ0v) is 18.4. The first-order chi connectivity index (χ1) is 14.0. The third-order valence-electron chi connectivity index (χ3n) is 6.63. The Balaban J connectivity index is 1.79. The highest BCUT2D eigenvalue weighted by molar-refractivity contribution is 6.63. The van der Waals surface area contributed by atoms with Gasteiger partial charge in [-0.25, -0.2) is 11.0 Å². The van der Waals surface area contributed by atoms with Gasteiger partial charge in [-0.3, -0.25) is 0 Å². The van der Waals surface area contributed by atoms with E-state index in [1.54, 1.807) is 0 Å². The molecule has 4 nitrogen and oxygen atoms in total. The Kier molecular flexibility index (Phi) is 4.76. The minimum absolute atomic E-state index is 0.286. The highest BCUT2D eigenvalue weighted by Crippen LogP contribution is 2.50. The summed E-state index contributed by atoms with van der Waals surface area (Å²) in [5.41, 5.74) is 1.71. The normalized spacial score (nSPS) is 20.7. The van der Waals surface area contributed by atoms with Crippen LogP contribution in [0.25, 0.3) is 4.85 Å². The van der Waals surface area contributed by atoms with Crippen LogP contribution in [0.5, 0.6) is 11.5 Å². The summed E-state index contributed by atoms with van der Waals surface area (Å²) in [6.07, 6.45) is 1.71. The molecule has 2 aliphatic rings. The average Bonchev–Trinajstić information content (AvgIpc) is 3.41. The maximum Gasteiger partial charge on any atom is 0.498 e. The van der Waals surface area contributed by atoms with Gasteiger partial charge in [0, 0.05) is 23.9 Å². The lowest BCUT2D eigenvalue weighted by atomic mass is 9.76. The van der Waals surface area contributed by atoms with Crippen molar-refractivity contribution in [2.45, 2.75) is 71.1 Å². The standard InChI is InChI=1S/C24H27BFNO3/c1-15-12-18(26)13-16(2)21(15)28-20-9-8-17(24(27-7)10-11-24)14-19(20)25-29-22(3,4)23(5,6)30-25/h8-9,12-14H,10-11H2,1-6H3. The molecule has 0 radical (unpaired) electrons. The summed E-state index contributed by atoms with van der Waals surface area (Å²) < 4.78 is 32.6. The molecule has 0 atom stereocenters. The quantitative estimate of drug-likeness (QED) is 0.500. The Morgan fingerprint density at radius 1 is 1.00 bits per heavy atom. The van der Waals surface area contributed by atoms with E-state index in [1.165, 1.54) is 12.1 Å². The van der Waals surface area contributed by atoms with Gasteiger partial charge < -0.3 is 18.9 Å². The third-order valence-corrected chi connectivity index (χ3v) is 6.63. The number of hydrogen-bond donors (Lipinski definition) is 0. The lowest BCUT2D eigenvalue weighted by Gasteiger charge is -2.32. The van der Waals surface area contributed by atoms with Crippen molar-refractivity contribution in [3.05, 3.63) is 64.3 Å². The van der Waals surface area contributed by atoms with Gasteiger partial charge in [0.15, 0.2) is 0 Å². The molecule has 156 valence electrons. The van der Waals surface area contributed by atoms with E-state index in [9.17, 15) is 4.39 Å². The van der Waals surface area contributed by atoms with Gasteiger partial charge in [0.05, 0.1) is 11.2 Å². The van der Waals surface area contributed by atoms with Gasteiger partial charge in [0.2, 0.25) is 0 Å². The minimum atomic E-state index is -0.618. The Bertz CT molecular complexity index is 1010. The molecule has 2 fully saturated rings. The van der Waals surface area contributed by atoms with Gasteiger partial charge in [0.1, 0.15) is 17.3 Å². The number of nitrogens with zero attached hydrogens (tertiary/aromatic N) is 1. The third kappa shape index (κ3) is 3.40. The molecule has 1 saturated carbocycles. The molecule has 30 heavy (non-hydrogen) atoms. The van der Waals surface area contributed by atoms with Gasteiger partial charge in [0.25, 0.3) is 5.54 Å². The summed E-state index contributed by atoms with van der Waals surface area (Å²) in [7, 11) is -0.618. The van der Waals surface area contributed by atoms with E-state index >= 15 is 0 Å². The fourth-order valence-corrected chi connectivity index (χ4v) is 3.84. The molecule has 1 aliphatic heterocycles. The lowest BCUT2D eigenvalue weighted by Crippen LogP contribution is -2.41. The van der Waals surface area contributed by atoms with E-state index in [0.29, 0.717) is 11.5 Å². The number of aryl methyl sites for hydroxylation is 2. The zero-order valence-electron chi connectivity index (χ0n) is 18.4. The summed E-state index contributed by atoms with van der Waals surface area (Å²) in [6, 6.07) is 8.73. The van der Waals surface area contributed by atoms with Gasteiger partial charge in [-0.05, 0) is 83.0 Å². The molecule has 1 saturated heterocycles. The monoisotopic (exact) mass is 407 g/mol. The van der Waals surface area contributed by atoms with Crippen molar-refractivity contribution in [1.82, 2.24) is 0 Å². The second kappa shape index (κ2) is 6.83. The second-order valence-corrected chi connectivity index (χ2v) is 9.46. The molecule has 0 bridgehead atoms. The van der Waals surface area contributed by atoms with Crippen molar-refractivity contribution in [3.63, 3.8) is 0 Å². The Hall–Kier alpha value is -2.36. The van der Waals surface area contributed by atoms with Crippen LogP contribution in [0, 0.1) is 26.2 Å². The predicted molar refractivity (Wildman–Crippen MR) is 116 cm³/mol. The van der Waals surface area contributed by atoms with E-state index in [1.807, 2.05) is 59.7 Å². The molecule has 0 N–H and O–H groups in total. The number of hydrogen-bond acceptors (Lipinski definition) is 3. The maximum atomic E-state index is 13.7. The first-order valence-electron chi connectivity index (χ1n) is 10.3. The number of halogens is 1. The molecule has 2 aromatic carbocycles. The fourth-order valence-electron chi connectivity index (χ4n) is 3.84. The summed E-state index contributed by atoms with van der Waals surface area (Å²) >= 11 is 0. The van der Waals surface area contributed by atoms with Crippen LogP contribution in [0.15, 0.2) is 30.3 Å². The number of benzene rings is 2. The largest absolute Gasteiger partial charge is 0.498 e. The van der Waals surface area contributed by atoms with Gasteiger partial charge in [-0.15, -0.1) is 0 Å². The zero-order chi connectivity index (χ0) is 21.9. The van der Waals surface area contributed by atoms with E-state index in [4.69, 9.17) is 20.6 Å². The van der Waals surface area contributed by atoms with Crippen LogP contribution in [0.2, 0.25) is 0 Å². The van der Waals surface area contributed by atoms with Crippen LogP contribution >= 0.6 is 0 Å². The molecule has 1 heterocycles. The molecule has 4 rings (SSSR count). The molecule has 0 aromatic heterocycles. The highest BCUT2D eigenvalue weighted by atomic mass is 19.1. The molecular formula is C24H27BFNO3. The van der Waals surface area contributed by atoms with Crippen molar-refractivity contribution in [3.8, 4) is 11.5 Å². The number of rotatable bonds is 4. The molecule has 0 amide bonds. The highest BCUT2D eigenvalue weighted by Gasteiger charge is 2.55. The number of ether oxygens (including phenoxy) is 1. The molecular weight excluding hydrogens is 380 g/mol. The Labute approximate surface area is 178 Å². The first-order valence-corrected chi connectivity index (χ1v) is 10.3. The van der Waals surface area contributed by atoms with Crippen molar-refractivity contribution in [2.75, 3.05) is 0 Å². The van der Waals surface area contributed by atoms with Crippen molar-refractivity contribution < 1.29 is 18.4 Å². The predicted octanol–water partition coefficient (Wildman–Crippen LogP) is 5.44. The van der Waals surface area contributed by atoms with Crippen LogP contribution in [0.3, 0.4) is 0 Å². The molecule has 0 unspecified atom stereocenters. The lowest BCUT2D eigenvalue weighted by molar-refractivity contribution is 0.00578. The van der Waals surface area contributed by atoms with Crippen LogP contribution < -0.4 is 10.2 Å².